The molecule has 0 spiro atoms. The lowest BCUT2D eigenvalue weighted by Gasteiger charge is -2.19. The van der Waals surface area contributed by atoms with Gasteiger partial charge in [-0.15, -0.1) is 23.1 Å². The van der Waals surface area contributed by atoms with Gasteiger partial charge in [0.2, 0.25) is 0 Å². The lowest BCUT2D eigenvalue weighted by atomic mass is 9.99. The number of hydrogen-bond acceptors (Lipinski definition) is 5. The standard InChI is InChI=1S/C22H21NO3S2/c24-20(14-26-21(25)16-27-15-19-12-7-13-28-19)23-22(17-8-3-1-4-9-17)18-10-5-2-6-11-18/h1-13,22H,14-16H2,(H,23,24). The molecule has 0 saturated heterocycles. The normalized spacial score (nSPS) is 10.6. The van der Waals surface area contributed by atoms with Crippen LogP contribution in [0.25, 0.3) is 0 Å². The second-order valence-electron chi connectivity index (χ2n) is 6.05. The van der Waals surface area contributed by atoms with E-state index in [9.17, 15) is 9.59 Å². The number of thiophene rings is 1. The number of nitrogens with one attached hydrogen (secondary N) is 1. The van der Waals surface area contributed by atoms with Crippen LogP contribution in [0.3, 0.4) is 0 Å². The summed E-state index contributed by atoms with van der Waals surface area (Å²) < 4.78 is 5.13. The molecule has 144 valence electrons. The maximum absolute atomic E-state index is 12.4. The molecule has 0 atom stereocenters. The molecular weight excluding hydrogens is 390 g/mol. The fraction of sp³-hybridized carbons (Fsp3) is 0.182. The van der Waals surface area contributed by atoms with Crippen molar-refractivity contribution < 1.29 is 14.3 Å². The number of hydrogen-bond donors (Lipinski definition) is 1. The summed E-state index contributed by atoms with van der Waals surface area (Å²) in [7, 11) is 0. The number of thioether (sulfide) groups is 1. The van der Waals surface area contributed by atoms with E-state index in [1.54, 1.807) is 11.3 Å². The molecule has 1 N–H and O–H groups in total. The third kappa shape index (κ3) is 6.25. The van der Waals surface area contributed by atoms with Gasteiger partial charge in [0.1, 0.15) is 0 Å². The monoisotopic (exact) mass is 411 g/mol. The van der Waals surface area contributed by atoms with Crippen molar-refractivity contribution in [3.8, 4) is 0 Å². The van der Waals surface area contributed by atoms with Gasteiger partial charge in [-0.3, -0.25) is 9.59 Å². The Balaban J connectivity index is 1.50. The van der Waals surface area contributed by atoms with Gasteiger partial charge in [0, 0.05) is 10.6 Å². The van der Waals surface area contributed by atoms with Crippen LogP contribution in [0, 0.1) is 0 Å². The summed E-state index contributed by atoms with van der Waals surface area (Å²) in [6.07, 6.45) is 0. The number of amides is 1. The molecule has 0 saturated carbocycles. The summed E-state index contributed by atoms with van der Waals surface area (Å²) in [5.41, 5.74) is 1.94. The number of carbonyl (C=O) groups excluding carboxylic acids is 2. The van der Waals surface area contributed by atoms with Crippen molar-refractivity contribution in [2.75, 3.05) is 12.4 Å². The van der Waals surface area contributed by atoms with Crippen molar-refractivity contribution in [2.24, 2.45) is 0 Å². The molecule has 28 heavy (non-hydrogen) atoms. The van der Waals surface area contributed by atoms with Gasteiger partial charge in [0.05, 0.1) is 11.8 Å². The van der Waals surface area contributed by atoms with Crippen LogP contribution in [0.1, 0.15) is 22.0 Å². The van der Waals surface area contributed by atoms with Gasteiger partial charge < -0.3 is 10.1 Å². The van der Waals surface area contributed by atoms with Crippen LogP contribution in [-0.2, 0) is 20.1 Å². The van der Waals surface area contributed by atoms with Crippen LogP contribution in [0.2, 0.25) is 0 Å². The highest BCUT2D eigenvalue weighted by molar-refractivity contribution is 7.99. The predicted octanol–water partition coefficient (Wildman–Crippen LogP) is 4.43. The van der Waals surface area contributed by atoms with Crippen LogP contribution >= 0.6 is 23.1 Å². The van der Waals surface area contributed by atoms with Gasteiger partial charge in [-0.25, -0.2) is 0 Å². The van der Waals surface area contributed by atoms with Crippen LogP contribution < -0.4 is 5.32 Å². The minimum atomic E-state index is -0.382. The highest BCUT2D eigenvalue weighted by atomic mass is 32.2. The van der Waals surface area contributed by atoms with Crippen LogP contribution in [0.15, 0.2) is 78.2 Å². The molecule has 6 heteroatoms. The van der Waals surface area contributed by atoms with E-state index in [1.165, 1.54) is 16.6 Å². The number of benzene rings is 2. The van der Waals surface area contributed by atoms with Crippen molar-refractivity contribution in [3.63, 3.8) is 0 Å². The van der Waals surface area contributed by atoms with E-state index in [0.717, 1.165) is 16.9 Å². The van der Waals surface area contributed by atoms with Gasteiger partial charge >= 0.3 is 5.97 Å². The first-order valence-corrected chi connectivity index (χ1v) is 10.9. The topological polar surface area (TPSA) is 55.4 Å². The molecular formula is C22H21NO3S2. The van der Waals surface area contributed by atoms with Crippen molar-refractivity contribution in [1.29, 1.82) is 0 Å². The van der Waals surface area contributed by atoms with Crippen molar-refractivity contribution in [3.05, 3.63) is 94.2 Å². The Labute approximate surface area is 172 Å². The van der Waals surface area contributed by atoms with E-state index < -0.39 is 0 Å². The molecule has 0 bridgehead atoms. The Kier molecular flexibility index (Phi) is 7.70. The summed E-state index contributed by atoms with van der Waals surface area (Å²) in [6, 6.07) is 23.2. The second-order valence-corrected chi connectivity index (χ2v) is 8.07. The summed E-state index contributed by atoms with van der Waals surface area (Å²) >= 11 is 3.14. The Hall–Kier alpha value is -2.57. The first-order valence-electron chi connectivity index (χ1n) is 8.87. The molecule has 3 rings (SSSR count). The highest BCUT2D eigenvalue weighted by Gasteiger charge is 2.17. The molecule has 3 aromatic rings. The second kappa shape index (κ2) is 10.7. The summed E-state index contributed by atoms with van der Waals surface area (Å²) in [4.78, 5) is 25.5. The van der Waals surface area contributed by atoms with Gasteiger partial charge in [-0.1, -0.05) is 66.7 Å². The quantitative estimate of drug-likeness (QED) is 0.529. The molecule has 0 aliphatic carbocycles. The molecule has 0 radical (unpaired) electrons. The lowest BCUT2D eigenvalue weighted by Crippen LogP contribution is -2.33. The highest BCUT2D eigenvalue weighted by Crippen LogP contribution is 2.21. The Morgan fingerprint density at radius 3 is 2.14 bits per heavy atom. The number of esters is 1. The number of ether oxygens (including phenoxy) is 1. The first kappa shape index (κ1) is 20.2. The predicted molar refractivity (Wildman–Crippen MR) is 114 cm³/mol. The molecule has 2 aromatic carbocycles. The van der Waals surface area contributed by atoms with Crippen LogP contribution in [-0.4, -0.2) is 24.2 Å². The number of rotatable bonds is 9. The van der Waals surface area contributed by atoms with Crippen LogP contribution in [0.4, 0.5) is 0 Å². The molecule has 1 aromatic heterocycles. The average Bonchev–Trinajstić information content (AvgIpc) is 3.25. The molecule has 1 amide bonds. The largest absolute Gasteiger partial charge is 0.455 e. The molecule has 0 aliphatic rings. The first-order chi connectivity index (χ1) is 13.7. The summed E-state index contributed by atoms with van der Waals surface area (Å²) in [5, 5.41) is 4.97. The Bertz CT molecular complexity index is 828. The molecule has 0 aliphatic heterocycles. The SMILES string of the molecule is O=C(COC(=O)CSCc1cccs1)NC(c1ccccc1)c1ccccc1. The van der Waals surface area contributed by atoms with E-state index in [4.69, 9.17) is 4.74 Å². The fourth-order valence-electron chi connectivity index (χ4n) is 2.67. The van der Waals surface area contributed by atoms with Crippen molar-refractivity contribution in [1.82, 2.24) is 5.32 Å². The Morgan fingerprint density at radius 2 is 1.57 bits per heavy atom. The maximum Gasteiger partial charge on any atom is 0.316 e. The van der Waals surface area contributed by atoms with E-state index in [-0.39, 0.29) is 30.3 Å². The average molecular weight is 412 g/mol. The van der Waals surface area contributed by atoms with E-state index in [2.05, 4.69) is 5.32 Å². The van der Waals surface area contributed by atoms with E-state index in [0.29, 0.717) is 0 Å². The number of carbonyl (C=O) groups is 2. The van der Waals surface area contributed by atoms with Gasteiger partial charge in [0.25, 0.3) is 5.91 Å². The minimum absolute atomic E-state index is 0.228. The molecule has 1 heterocycles. The van der Waals surface area contributed by atoms with E-state index >= 15 is 0 Å². The fourth-order valence-corrected chi connectivity index (χ4v) is 4.33. The van der Waals surface area contributed by atoms with Crippen LogP contribution in [0.5, 0.6) is 0 Å². The lowest BCUT2D eigenvalue weighted by molar-refractivity contribution is -0.146. The van der Waals surface area contributed by atoms with Gasteiger partial charge in [0.15, 0.2) is 6.61 Å². The zero-order valence-corrected chi connectivity index (χ0v) is 16.9. The maximum atomic E-state index is 12.4. The summed E-state index contributed by atoms with van der Waals surface area (Å²) in [6.45, 7) is -0.283. The van der Waals surface area contributed by atoms with Crippen molar-refractivity contribution in [2.45, 2.75) is 11.8 Å². The van der Waals surface area contributed by atoms with E-state index in [1.807, 2.05) is 78.2 Å². The molecule has 4 nitrogen and oxygen atoms in total. The minimum Gasteiger partial charge on any atom is -0.455 e. The summed E-state index contributed by atoms with van der Waals surface area (Å²) in [5.74, 6) is 0.289. The third-order valence-corrected chi connectivity index (χ3v) is 5.99. The van der Waals surface area contributed by atoms with Gasteiger partial charge in [-0.05, 0) is 22.6 Å². The smallest absolute Gasteiger partial charge is 0.316 e. The van der Waals surface area contributed by atoms with Crippen molar-refractivity contribution >= 4 is 35.0 Å². The molecule has 0 fully saturated rings. The zero-order valence-electron chi connectivity index (χ0n) is 15.2. The Morgan fingerprint density at radius 1 is 0.929 bits per heavy atom. The van der Waals surface area contributed by atoms with Gasteiger partial charge in [-0.2, -0.15) is 0 Å². The zero-order chi connectivity index (χ0) is 19.6. The molecule has 0 unspecified atom stereocenters. The third-order valence-electron chi connectivity index (χ3n) is 3.98.